The van der Waals surface area contributed by atoms with Crippen molar-refractivity contribution in [2.45, 2.75) is 31.6 Å². The summed E-state index contributed by atoms with van der Waals surface area (Å²) < 4.78 is 26.4. The second kappa shape index (κ2) is 6.85. The van der Waals surface area contributed by atoms with E-state index >= 15 is 0 Å². The van der Waals surface area contributed by atoms with E-state index in [2.05, 4.69) is 0 Å². The molecule has 0 spiro atoms. The highest BCUT2D eigenvalue weighted by Gasteiger charge is 2.33. The molecule has 0 aliphatic rings. The van der Waals surface area contributed by atoms with Gasteiger partial charge in [-0.3, -0.25) is 0 Å². The lowest BCUT2D eigenvalue weighted by Gasteiger charge is -2.28. The van der Waals surface area contributed by atoms with Crippen LogP contribution in [0.5, 0.6) is 0 Å². The van der Waals surface area contributed by atoms with Crippen molar-refractivity contribution in [1.82, 2.24) is 4.31 Å². The first-order valence-corrected chi connectivity index (χ1v) is 8.52. The van der Waals surface area contributed by atoms with Crippen LogP contribution >= 0.6 is 23.8 Å². The Kier molecular flexibility index (Phi) is 5.94. The summed E-state index contributed by atoms with van der Waals surface area (Å²) >= 11 is 10.8. The van der Waals surface area contributed by atoms with Crippen molar-refractivity contribution < 1.29 is 8.42 Å². The standard InChI is InChI=1S/C13H19ClN2O2S2/c1-4-12(13(15)19)20(17,18)16(3)9(2)10-6-5-7-11(14)8-10/h5-9,12H,4H2,1-3H3,(H2,15,19). The first kappa shape index (κ1) is 17.4. The average Bonchev–Trinajstić information content (AvgIpc) is 2.36. The van der Waals surface area contributed by atoms with Crippen LogP contribution in [-0.4, -0.2) is 30.0 Å². The maximum Gasteiger partial charge on any atom is 0.223 e. The van der Waals surface area contributed by atoms with Gasteiger partial charge in [0, 0.05) is 18.1 Å². The van der Waals surface area contributed by atoms with E-state index < -0.39 is 15.3 Å². The molecule has 0 radical (unpaired) electrons. The molecule has 0 aromatic heterocycles. The van der Waals surface area contributed by atoms with E-state index in [1.807, 2.05) is 6.07 Å². The number of halogens is 1. The molecule has 1 aromatic carbocycles. The molecule has 2 N–H and O–H groups in total. The zero-order valence-corrected chi connectivity index (χ0v) is 14.1. The van der Waals surface area contributed by atoms with Crippen molar-refractivity contribution >= 4 is 38.8 Å². The van der Waals surface area contributed by atoms with Crippen LogP contribution in [0.25, 0.3) is 0 Å². The first-order chi connectivity index (χ1) is 9.21. The van der Waals surface area contributed by atoms with Crippen LogP contribution in [-0.2, 0) is 10.0 Å². The van der Waals surface area contributed by atoms with Crippen molar-refractivity contribution in [3.63, 3.8) is 0 Å². The van der Waals surface area contributed by atoms with Gasteiger partial charge in [0.05, 0.1) is 4.99 Å². The van der Waals surface area contributed by atoms with Crippen LogP contribution in [0.1, 0.15) is 31.9 Å². The summed E-state index contributed by atoms with van der Waals surface area (Å²) in [6.07, 6.45) is 0.351. The Labute approximate surface area is 131 Å². The fourth-order valence-corrected chi connectivity index (χ4v) is 4.36. The molecule has 0 aliphatic heterocycles. The fourth-order valence-electron chi connectivity index (χ4n) is 1.96. The molecule has 0 bridgehead atoms. The molecule has 0 saturated heterocycles. The van der Waals surface area contributed by atoms with Crippen LogP contribution in [0.4, 0.5) is 0 Å². The third-order valence-electron chi connectivity index (χ3n) is 3.33. The Hall–Kier alpha value is -0.690. The van der Waals surface area contributed by atoms with Crippen LogP contribution in [0, 0.1) is 0 Å². The average molecular weight is 335 g/mol. The molecule has 4 nitrogen and oxygen atoms in total. The Bertz CT molecular complexity index is 590. The zero-order valence-electron chi connectivity index (χ0n) is 11.7. The second-order valence-electron chi connectivity index (χ2n) is 4.59. The lowest BCUT2D eigenvalue weighted by atomic mass is 10.1. The maximum absolute atomic E-state index is 12.5. The Morgan fingerprint density at radius 2 is 2.10 bits per heavy atom. The summed E-state index contributed by atoms with van der Waals surface area (Å²) in [7, 11) is -2.06. The van der Waals surface area contributed by atoms with Crippen LogP contribution < -0.4 is 5.73 Å². The van der Waals surface area contributed by atoms with Crippen molar-refractivity contribution in [3.8, 4) is 0 Å². The lowest BCUT2D eigenvalue weighted by Crippen LogP contribution is -2.43. The third-order valence-corrected chi connectivity index (χ3v) is 6.42. The van der Waals surface area contributed by atoms with E-state index in [0.29, 0.717) is 11.4 Å². The molecule has 0 heterocycles. The van der Waals surface area contributed by atoms with Gasteiger partial charge in [-0.05, 0) is 31.0 Å². The molecule has 0 amide bonds. The number of hydrogen-bond acceptors (Lipinski definition) is 3. The molecule has 7 heteroatoms. The van der Waals surface area contributed by atoms with E-state index in [4.69, 9.17) is 29.6 Å². The summed E-state index contributed by atoms with van der Waals surface area (Å²) in [6.45, 7) is 3.55. The molecular weight excluding hydrogens is 316 g/mol. The maximum atomic E-state index is 12.5. The summed E-state index contributed by atoms with van der Waals surface area (Å²) in [5.41, 5.74) is 6.36. The quantitative estimate of drug-likeness (QED) is 0.812. The molecule has 1 rings (SSSR count). The number of rotatable bonds is 6. The zero-order chi connectivity index (χ0) is 15.5. The predicted octanol–water partition coefficient (Wildman–Crippen LogP) is 2.73. The Balaban J connectivity index is 3.10. The van der Waals surface area contributed by atoms with E-state index in [1.165, 1.54) is 11.4 Å². The van der Waals surface area contributed by atoms with Gasteiger partial charge in [-0.25, -0.2) is 8.42 Å². The summed E-state index contributed by atoms with van der Waals surface area (Å²) in [5, 5.41) is -0.273. The topological polar surface area (TPSA) is 63.4 Å². The summed E-state index contributed by atoms with van der Waals surface area (Å²) in [4.78, 5) is -0.00218. The van der Waals surface area contributed by atoms with E-state index in [-0.39, 0.29) is 11.0 Å². The van der Waals surface area contributed by atoms with Gasteiger partial charge in [0.1, 0.15) is 5.25 Å². The van der Waals surface area contributed by atoms with Crippen LogP contribution in [0.2, 0.25) is 5.02 Å². The van der Waals surface area contributed by atoms with E-state index in [0.717, 1.165) is 5.56 Å². The van der Waals surface area contributed by atoms with Crippen molar-refractivity contribution in [2.75, 3.05) is 7.05 Å². The number of thiocarbonyl (C=S) groups is 1. The van der Waals surface area contributed by atoms with Crippen molar-refractivity contribution in [2.24, 2.45) is 5.73 Å². The van der Waals surface area contributed by atoms with Crippen LogP contribution in [0.3, 0.4) is 0 Å². The van der Waals surface area contributed by atoms with Gasteiger partial charge in [-0.15, -0.1) is 0 Å². The number of benzene rings is 1. The van der Waals surface area contributed by atoms with Crippen molar-refractivity contribution in [1.29, 1.82) is 0 Å². The number of nitrogens with two attached hydrogens (primary N) is 1. The minimum Gasteiger partial charge on any atom is -0.392 e. The normalized spacial score (nSPS) is 15.1. The summed E-state index contributed by atoms with van der Waals surface area (Å²) in [5.74, 6) is 0. The first-order valence-electron chi connectivity index (χ1n) is 6.23. The van der Waals surface area contributed by atoms with Gasteiger partial charge in [-0.2, -0.15) is 4.31 Å². The predicted molar refractivity (Wildman–Crippen MR) is 87.4 cm³/mol. The SMILES string of the molecule is CCC(C(N)=S)S(=O)(=O)N(C)C(C)c1cccc(Cl)c1. The number of hydrogen-bond donors (Lipinski definition) is 1. The van der Waals surface area contributed by atoms with Gasteiger partial charge < -0.3 is 5.73 Å². The highest BCUT2D eigenvalue weighted by molar-refractivity contribution is 7.92. The fraction of sp³-hybridized carbons (Fsp3) is 0.462. The molecule has 0 saturated carbocycles. The highest BCUT2D eigenvalue weighted by Crippen LogP contribution is 2.26. The van der Waals surface area contributed by atoms with Gasteiger partial charge in [0.15, 0.2) is 0 Å². The van der Waals surface area contributed by atoms with Crippen LogP contribution in [0.15, 0.2) is 24.3 Å². The molecule has 0 aliphatic carbocycles. The second-order valence-corrected chi connectivity index (χ2v) is 7.67. The minimum atomic E-state index is -3.59. The molecular formula is C13H19ClN2O2S2. The van der Waals surface area contributed by atoms with Gasteiger partial charge in [-0.1, -0.05) is 42.9 Å². The monoisotopic (exact) mass is 334 g/mol. The largest absolute Gasteiger partial charge is 0.392 e. The van der Waals surface area contributed by atoms with E-state index in [9.17, 15) is 8.42 Å². The van der Waals surface area contributed by atoms with Gasteiger partial charge >= 0.3 is 0 Å². The number of sulfonamides is 1. The molecule has 20 heavy (non-hydrogen) atoms. The number of nitrogens with zero attached hydrogens (tertiary/aromatic N) is 1. The van der Waals surface area contributed by atoms with Gasteiger partial charge in [0.25, 0.3) is 0 Å². The van der Waals surface area contributed by atoms with E-state index in [1.54, 1.807) is 32.0 Å². The molecule has 112 valence electrons. The molecule has 2 atom stereocenters. The van der Waals surface area contributed by atoms with Gasteiger partial charge in [0.2, 0.25) is 10.0 Å². The molecule has 1 aromatic rings. The Morgan fingerprint density at radius 3 is 2.55 bits per heavy atom. The van der Waals surface area contributed by atoms with Crippen molar-refractivity contribution in [3.05, 3.63) is 34.9 Å². The summed E-state index contributed by atoms with van der Waals surface area (Å²) in [6, 6.07) is 6.78. The molecule has 2 unspecified atom stereocenters. The lowest BCUT2D eigenvalue weighted by molar-refractivity contribution is 0.395. The third kappa shape index (κ3) is 3.69. The molecule has 0 fully saturated rings. The Morgan fingerprint density at radius 1 is 1.50 bits per heavy atom. The smallest absolute Gasteiger partial charge is 0.223 e. The minimum absolute atomic E-state index is 0.00218. The highest BCUT2D eigenvalue weighted by atomic mass is 35.5.